The van der Waals surface area contributed by atoms with E-state index in [2.05, 4.69) is 15.4 Å². The third kappa shape index (κ3) is 3.00. The number of piperidine rings is 1. The molecule has 0 saturated carbocycles. The highest BCUT2D eigenvalue weighted by molar-refractivity contribution is 7.91. The number of hydrogen-bond donors (Lipinski definition) is 1. The minimum absolute atomic E-state index is 0.156. The fourth-order valence-corrected chi connectivity index (χ4v) is 6.59. The molecule has 1 aliphatic rings. The molecule has 26 heavy (non-hydrogen) atoms. The van der Waals surface area contributed by atoms with Crippen LogP contribution in [0.1, 0.15) is 35.9 Å². The fraction of sp³-hybridized carbons (Fsp3) is 0.412. The van der Waals surface area contributed by atoms with Gasteiger partial charge in [0.2, 0.25) is 0 Å². The molecule has 0 aromatic carbocycles. The van der Waals surface area contributed by atoms with E-state index in [1.165, 1.54) is 11.3 Å². The van der Waals surface area contributed by atoms with Gasteiger partial charge in [0.25, 0.3) is 10.0 Å². The normalized spacial score (nSPS) is 19.1. The summed E-state index contributed by atoms with van der Waals surface area (Å²) in [7, 11) is -3.52. The Bertz CT molecular complexity index is 985. The lowest BCUT2D eigenvalue weighted by Gasteiger charge is -2.30. The molecule has 4 heterocycles. The predicted molar refractivity (Wildman–Crippen MR) is 98.6 cm³/mol. The minimum atomic E-state index is -3.52. The summed E-state index contributed by atoms with van der Waals surface area (Å²) in [6.45, 7) is 4.72. The van der Waals surface area contributed by atoms with Gasteiger partial charge < -0.3 is 4.52 Å². The van der Waals surface area contributed by atoms with Gasteiger partial charge >= 0.3 is 0 Å². The maximum Gasteiger partial charge on any atom is 0.252 e. The molecular formula is C17H20N4O3S2. The van der Waals surface area contributed by atoms with Crippen molar-refractivity contribution in [3.05, 3.63) is 41.5 Å². The van der Waals surface area contributed by atoms with Gasteiger partial charge in [-0.15, -0.1) is 11.3 Å². The van der Waals surface area contributed by atoms with Gasteiger partial charge in [0, 0.05) is 35.8 Å². The molecule has 9 heteroatoms. The maximum atomic E-state index is 13.1. The van der Waals surface area contributed by atoms with Crippen molar-refractivity contribution >= 4 is 21.4 Å². The first-order valence-corrected chi connectivity index (χ1v) is 10.7. The van der Waals surface area contributed by atoms with Crippen molar-refractivity contribution in [2.24, 2.45) is 0 Å². The van der Waals surface area contributed by atoms with Gasteiger partial charge in [-0.25, -0.2) is 8.42 Å². The first-order chi connectivity index (χ1) is 12.5. The van der Waals surface area contributed by atoms with Crippen LogP contribution in [-0.2, 0) is 10.0 Å². The van der Waals surface area contributed by atoms with Crippen LogP contribution in [0.2, 0.25) is 0 Å². The minimum Gasteiger partial charge on any atom is -0.361 e. The van der Waals surface area contributed by atoms with Gasteiger partial charge in [0.15, 0.2) is 0 Å². The number of nitrogens with one attached hydrogen (secondary N) is 1. The summed E-state index contributed by atoms with van der Waals surface area (Å²) >= 11 is 1.27. The Hall–Kier alpha value is -1.97. The lowest BCUT2D eigenvalue weighted by Crippen LogP contribution is -2.38. The third-order valence-corrected chi connectivity index (χ3v) is 8.24. The van der Waals surface area contributed by atoms with Crippen molar-refractivity contribution in [3.63, 3.8) is 0 Å². The van der Waals surface area contributed by atoms with Crippen LogP contribution >= 0.6 is 11.3 Å². The van der Waals surface area contributed by atoms with E-state index >= 15 is 0 Å². The van der Waals surface area contributed by atoms with Gasteiger partial charge in [-0.2, -0.15) is 9.40 Å². The van der Waals surface area contributed by atoms with Crippen LogP contribution in [0.4, 0.5) is 0 Å². The number of nitrogens with zero attached hydrogens (tertiary/aromatic N) is 3. The monoisotopic (exact) mass is 392 g/mol. The second-order valence-corrected chi connectivity index (χ2v) is 9.78. The zero-order chi connectivity index (χ0) is 18.3. The second-order valence-electron chi connectivity index (χ2n) is 6.53. The number of aromatic nitrogens is 3. The number of H-pyrrole nitrogens is 1. The SMILES string of the molecule is Cc1noc(C)c1-c1ccc(S(=O)(=O)N2CCCC(c3ccn[nH]3)C2)s1. The zero-order valence-corrected chi connectivity index (χ0v) is 16.2. The number of sulfonamides is 1. The van der Waals surface area contributed by atoms with Crippen LogP contribution in [0, 0.1) is 13.8 Å². The molecule has 0 aliphatic carbocycles. The molecule has 7 nitrogen and oxygen atoms in total. The van der Waals surface area contributed by atoms with E-state index in [4.69, 9.17) is 4.52 Å². The quantitative estimate of drug-likeness (QED) is 0.735. The second kappa shape index (κ2) is 6.64. The highest BCUT2D eigenvalue weighted by atomic mass is 32.2. The Morgan fingerprint density at radius 3 is 2.85 bits per heavy atom. The van der Waals surface area contributed by atoms with E-state index in [-0.39, 0.29) is 5.92 Å². The molecule has 4 rings (SSSR count). The lowest BCUT2D eigenvalue weighted by molar-refractivity contribution is 0.313. The van der Waals surface area contributed by atoms with E-state index in [0.717, 1.165) is 34.7 Å². The van der Waals surface area contributed by atoms with Crippen molar-refractivity contribution in [2.75, 3.05) is 13.1 Å². The van der Waals surface area contributed by atoms with Crippen molar-refractivity contribution in [2.45, 2.75) is 36.8 Å². The molecule has 1 unspecified atom stereocenters. The van der Waals surface area contributed by atoms with E-state index in [0.29, 0.717) is 23.1 Å². The fourth-order valence-electron chi connectivity index (χ4n) is 3.46. The smallest absolute Gasteiger partial charge is 0.252 e. The summed E-state index contributed by atoms with van der Waals surface area (Å²) < 4.78 is 33.4. The molecular weight excluding hydrogens is 372 g/mol. The molecule has 0 spiro atoms. The lowest BCUT2D eigenvalue weighted by atomic mass is 9.96. The van der Waals surface area contributed by atoms with E-state index in [9.17, 15) is 8.42 Å². The molecule has 3 aromatic heterocycles. The number of rotatable bonds is 4. The topological polar surface area (TPSA) is 92.1 Å². The average molecular weight is 393 g/mol. The molecule has 138 valence electrons. The Morgan fingerprint density at radius 2 is 2.15 bits per heavy atom. The van der Waals surface area contributed by atoms with Gasteiger partial charge in [-0.3, -0.25) is 5.10 Å². The molecule has 3 aromatic rings. The molecule has 1 fully saturated rings. The largest absolute Gasteiger partial charge is 0.361 e. The predicted octanol–water partition coefficient (Wildman–Crippen LogP) is 3.31. The van der Waals surface area contributed by atoms with Crippen LogP contribution in [-0.4, -0.2) is 41.2 Å². The number of aromatic amines is 1. The molecule has 1 aliphatic heterocycles. The van der Waals surface area contributed by atoms with Crippen LogP contribution in [0.3, 0.4) is 0 Å². The highest BCUT2D eigenvalue weighted by Crippen LogP contribution is 2.37. The van der Waals surface area contributed by atoms with Crippen molar-refractivity contribution < 1.29 is 12.9 Å². The van der Waals surface area contributed by atoms with Crippen LogP contribution in [0.5, 0.6) is 0 Å². The van der Waals surface area contributed by atoms with Gasteiger partial charge in [-0.1, -0.05) is 5.16 Å². The summed E-state index contributed by atoms with van der Waals surface area (Å²) in [5.74, 6) is 0.855. The average Bonchev–Trinajstić information content (AvgIpc) is 3.36. The van der Waals surface area contributed by atoms with Crippen LogP contribution in [0.15, 0.2) is 33.1 Å². The van der Waals surface area contributed by atoms with Gasteiger partial charge in [0.05, 0.1) is 11.3 Å². The van der Waals surface area contributed by atoms with E-state index < -0.39 is 10.0 Å². The number of aryl methyl sites for hydroxylation is 2. The Kier molecular flexibility index (Phi) is 4.45. The first-order valence-electron chi connectivity index (χ1n) is 8.49. The standard InChI is InChI=1S/C17H20N4O3S2/c1-11-17(12(2)24-20-11)15-5-6-16(25-15)26(22,23)21-9-3-4-13(10-21)14-7-8-18-19-14/h5-8,13H,3-4,9-10H2,1-2H3,(H,18,19). The summed E-state index contributed by atoms with van der Waals surface area (Å²) in [6.07, 6.45) is 3.51. The molecule has 1 atom stereocenters. The first kappa shape index (κ1) is 17.4. The summed E-state index contributed by atoms with van der Waals surface area (Å²) in [5, 5.41) is 10.9. The zero-order valence-electron chi connectivity index (χ0n) is 14.6. The molecule has 0 amide bonds. The maximum absolute atomic E-state index is 13.1. The van der Waals surface area contributed by atoms with E-state index in [1.807, 2.05) is 26.0 Å². The van der Waals surface area contributed by atoms with Crippen LogP contribution < -0.4 is 0 Å². The molecule has 1 saturated heterocycles. The van der Waals surface area contributed by atoms with Crippen molar-refractivity contribution in [3.8, 4) is 10.4 Å². The molecule has 0 radical (unpaired) electrons. The Balaban J connectivity index is 1.61. The number of hydrogen-bond acceptors (Lipinski definition) is 6. The summed E-state index contributed by atoms with van der Waals surface area (Å²) in [6, 6.07) is 5.43. The van der Waals surface area contributed by atoms with Crippen LogP contribution in [0.25, 0.3) is 10.4 Å². The number of thiophene rings is 1. The molecule has 1 N–H and O–H groups in total. The van der Waals surface area contributed by atoms with Gasteiger partial charge in [0.1, 0.15) is 9.97 Å². The summed E-state index contributed by atoms with van der Waals surface area (Å²) in [5.41, 5.74) is 2.64. The van der Waals surface area contributed by atoms with Gasteiger partial charge in [-0.05, 0) is 44.9 Å². The third-order valence-electron chi connectivity index (χ3n) is 4.80. The summed E-state index contributed by atoms with van der Waals surface area (Å²) in [4.78, 5) is 0.863. The van der Waals surface area contributed by atoms with Crippen molar-refractivity contribution in [1.82, 2.24) is 19.7 Å². The van der Waals surface area contributed by atoms with E-state index in [1.54, 1.807) is 16.6 Å². The Labute approximate surface area is 156 Å². The highest BCUT2D eigenvalue weighted by Gasteiger charge is 2.32. The Morgan fingerprint density at radius 1 is 1.31 bits per heavy atom. The van der Waals surface area contributed by atoms with Crippen molar-refractivity contribution in [1.29, 1.82) is 0 Å². The molecule has 0 bridgehead atoms.